The van der Waals surface area contributed by atoms with Crippen molar-refractivity contribution in [1.29, 1.82) is 0 Å². The van der Waals surface area contributed by atoms with Crippen LogP contribution in [0.25, 0.3) is 33.2 Å². The van der Waals surface area contributed by atoms with Crippen molar-refractivity contribution in [1.82, 2.24) is 9.97 Å². The monoisotopic (exact) mass is 439 g/mol. The fourth-order valence-corrected chi connectivity index (χ4v) is 4.40. The zero-order valence-corrected chi connectivity index (χ0v) is 19.3. The Balaban J connectivity index is 1.82. The third kappa shape index (κ3) is 3.72. The molecule has 0 spiro atoms. The lowest BCUT2D eigenvalue weighted by Gasteiger charge is -2.26. The number of furan rings is 1. The summed E-state index contributed by atoms with van der Waals surface area (Å²) in [6, 6.07) is 19.5. The van der Waals surface area contributed by atoms with Crippen molar-refractivity contribution in [3.05, 3.63) is 95.4 Å². The van der Waals surface area contributed by atoms with Crippen molar-refractivity contribution < 1.29 is 11.3 Å². The van der Waals surface area contributed by atoms with Crippen molar-refractivity contribution in [2.75, 3.05) is 0 Å². The van der Waals surface area contributed by atoms with Gasteiger partial charge in [-0.2, -0.15) is 0 Å². The molecular formula is C30H30N2O. The number of rotatable bonds is 5. The molecule has 3 heterocycles. The number of para-hydroxylation sites is 1. The quantitative estimate of drug-likeness (QED) is 0.280. The van der Waals surface area contributed by atoms with Gasteiger partial charge in [0.1, 0.15) is 11.2 Å². The summed E-state index contributed by atoms with van der Waals surface area (Å²) in [5, 5.41) is 1.79. The van der Waals surface area contributed by atoms with E-state index in [1.165, 1.54) is 6.20 Å². The second kappa shape index (κ2) is 8.15. The number of nitrogens with zero attached hydrogens (tertiary/aromatic N) is 2. The highest BCUT2D eigenvalue weighted by Crippen LogP contribution is 2.42. The first-order valence-electron chi connectivity index (χ1n) is 13.7. The Kier molecular flexibility index (Phi) is 4.00. The molecule has 0 saturated heterocycles. The molecule has 5 rings (SSSR count). The molecule has 0 fully saturated rings. The molecule has 2 aromatic carbocycles. The normalized spacial score (nSPS) is 15.2. The predicted octanol–water partition coefficient (Wildman–Crippen LogP) is 7.88. The van der Waals surface area contributed by atoms with Gasteiger partial charge in [0.15, 0.2) is 0 Å². The molecule has 33 heavy (non-hydrogen) atoms. The maximum absolute atomic E-state index is 8.71. The Labute approximate surface area is 202 Å². The smallest absolute Gasteiger partial charge is 0.148 e. The van der Waals surface area contributed by atoms with Crippen LogP contribution in [0.2, 0.25) is 0 Å². The van der Waals surface area contributed by atoms with E-state index >= 15 is 0 Å². The standard InChI is InChI=1S/C30H30N2O/c1-19(2)15-21-16-25(31-17-20(21)3)24-18-32-29(30(4,5)22-11-7-6-8-12-22)27-23-13-9-10-14-26(23)33-28(24)27/h6-14,16-19H,15H2,1-5H3/i3D3,15D2. The average Bonchev–Trinajstić information content (AvgIpc) is 3.27. The number of aryl methyl sites for hydroxylation is 1. The van der Waals surface area contributed by atoms with Crippen LogP contribution < -0.4 is 0 Å². The van der Waals surface area contributed by atoms with Crippen LogP contribution in [-0.4, -0.2) is 9.97 Å². The second-order valence-corrected chi connectivity index (χ2v) is 9.23. The summed E-state index contributed by atoms with van der Waals surface area (Å²) in [5.74, 6) is -0.447. The molecule has 3 aromatic heterocycles. The summed E-state index contributed by atoms with van der Waals surface area (Å²) in [6.45, 7) is 5.24. The van der Waals surface area contributed by atoms with Crippen LogP contribution in [0, 0.1) is 12.8 Å². The summed E-state index contributed by atoms with van der Waals surface area (Å²) in [7, 11) is 0. The molecule has 0 saturated carbocycles. The van der Waals surface area contributed by atoms with Gasteiger partial charge in [-0.15, -0.1) is 0 Å². The van der Waals surface area contributed by atoms with Crippen LogP contribution >= 0.6 is 0 Å². The molecule has 0 unspecified atom stereocenters. The fraction of sp³-hybridized carbons (Fsp3) is 0.267. The molecule has 0 aliphatic heterocycles. The molecule has 0 radical (unpaired) electrons. The average molecular weight is 440 g/mol. The molecule has 0 amide bonds. The summed E-state index contributed by atoms with van der Waals surface area (Å²) < 4.78 is 47.8. The summed E-state index contributed by atoms with van der Waals surface area (Å²) in [5.41, 5.74) is 3.84. The van der Waals surface area contributed by atoms with Crippen LogP contribution in [0.3, 0.4) is 0 Å². The first-order valence-corrected chi connectivity index (χ1v) is 11.2. The third-order valence-corrected chi connectivity index (χ3v) is 6.11. The Hall–Kier alpha value is -3.46. The van der Waals surface area contributed by atoms with Gasteiger partial charge in [-0.05, 0) is 48.0 Å². The van der Waals surface area contributed by atoms with Crippen molar-refractivity contribution in [2.24, 2.45) is 5.92 Å². The molecule has 0 aliphatic carbocycles. The minimum atomic E-state index is -2.50. The first kappa shape index (κ1) is 16.2. The number of aromatic nitrogens is 2. The Morgan fingerprint density at radius 1 is 1.00 bits per heavy atom. The van der Waals surface area contributed by atoms with E-state index in [0.717, 1.165) is 22.0 Å². The van der Waals surface area contributed by atoms with E-state index < -0.39 is 24.6 Å². The van der Waals surface area contributed by atoms with Gasteiger partial charge in [0.2, 0.25) is 0 Å². The summed E-state index contributed by atoms with van der Waals surface area (Å²) in [6.07, 6.45) is 1.10. The summed E-state index contributed by atoms with van der Waals surface area (Å²) in [4.78, 5) is 9.44. The van der Waals surface area contributed by atoms with Crippen molar-refractivity contribution in [2.45, 2.75) is 46.3 Å². The van der Waals surface area contributed by atoms with Crippen LogP contribution in [0.4, 0.5) is 0 Å². The lowest BCUT2D eigenvalue weighted by molar-refractivity contribution is 0.621. The Morgan fingerprint density at radius 2 is 1.76 bits per heavy atom. The van der Waals surface area contributed by atoms with Crippen LogP contribution in [0.1, 0.15) is 56.9 Å². The zero-order chi connectivity index (χ0) is 27.5. The van der Waals surface area contributed by atoms with Crippen molar-refractivity contribution in [3.63, 3.8) is 0 Å². The van der Waals surface area contributed by atoms with E-state index in [9.17, 15) is 0 Å². The minimum Gasteiger partial charge on any atom is -0.455 e. The topological polar surface area (TPSA) is 38.9 Å². The fourth-order valence-electron chi connectivity index (χ4n) is 4.40. The van der Waals surface area contributed by atoms with E-state index in [1.807, 2.05) is 42.5 Å². The number of benzene rings is 2. The SMILES string of the molecule is [2H]C([2H])([2H])c1cnc(-c2cnc(C(C)(C)c3ccccc3)c3c2oc2ccccc23)cc1C([2H])([2H])C(C)C. The van der Waals surface area contributed by atoms with Gasteiger partial charge in [-0.3, -0.25) is 9.97 Å². The lowest BCUT2D eigenvalue weighted by atomic mass is 9.79. The van der Waals surface area contributed by atoms with E-state index in [0.29, 0.717) is 22.4 Å². The van der Waals surface area contributed by atoms with Gasteiger partial charge >= 0.3 is 0 Å². The van der Waals surface area contributed by atoms with Crippen LogP contribution in [0.5, 0.6) is 0 Å². The number of hydrogen-bond acceptors (Lipinski definition) is 3. The third-order valence-electron chi connectivity index (χ3n) is 6.11. The van der Waals surface area contributed by atoms with Crippen LogP contribution in [-0.2, 0) is 11.8 Å². The number of fused-ring (bicyclic) bond motifs is 3. The van der Waals surface area contributed by atoms with Gasteiger partial charge in [0, 0.05) is 30.0 Å². The molecule has 166 valence electrons. The highest BCUT2D eigenvalue weighted by atomic mass is 16.3. The van der Waals surface area contributed by atoms with Gasteiger partial charge in [0.25, 0.3) is 0 Å². The molecule has 5 aromatic rings. The highest BCUT2D eigenvalue weighted by molar-refractivity contribution is 6.10. The molecule has 0 aliphatic rings. The lowest BCUT2D eigenvalue weighted by Crippen LogP contribution is -2.21. The maximum Gasteiger partial charge on any atom is 0.148 e. The first-order chi connectivity index (χ1) is 17.8. The maximum atomic E-state index is 8.71. The molecule has 0 atom stereocenters. The zero-order valence-electron chi connectivity index (χ0n) is 24.3. The molecule has 0 N–H and O–H groups in total. The number of pyridine rings is 2. The van der Waals surface area contributed by atoms with E-state index in [-0.39, 0.29) is 11.1 Å². The second-order valence-electron chi connectivity index (χ2n) is 9.23. The largest absolute Gasteiger partial charge is 0.455 e. The molecule has 3 nitrogen and oxygen atoms in total. The predicted molar refractivity (Wildman–Crippen MR) is 137 cm³/mol. The van der Waals surface area contributed by atoms with Gasteiger partial charge in [-0.1, -0.05) is 76.2 Å². The molecule has 3 heteroatoms. The van der Waals surface area contributed by atoms with Crippen LogP contribution in [0.15, 0.2) is 77.5 Å². The van der Waals surface area contributed by atoms with E-state index in [2.05, 4.69) is 31.0 Å². The van der Waals surface area contributed by atoms with E-state index in [4.69, 9.17) is 16.3 Å². The molecule has 0 bridgehead atoms. The van der Waals surface area contributed by atoms with Gasteiger partial charge in [0.05, 0.1) is 22.3 Å². The summed E-state index contributed by atoms with van der Waals surface area (Å²) >= 11 is 0. The Bertz CT molecular complexity index is 1640. The van der Waals surface area contributed by atoms with E-state index in [1.54, 1.807) is 26.1 Å². The van der Waals surface area contributed by atoms with Crippen molar-refractivity contribution in [3.8, 4) is 11.3 Å². The molecular weight excluding hydrogens is 404 g/mol. The van der Waals surface area contributed by atoms with Gasteiger partial charge < -0.3 is 4.42 Å². The van der Waals surface area contributed by atoms with Crippen molar-refractivity contribution >= 4 is 21.9 Å². The Morgan fingerprint density at radius 3 is 2.52 bits per heavy atom. The number of hydrogen-bond donors (Lipinski definition) is 0. The minimum absolute atomic E-state index is 0.0874. The highest BCUT2D eigenvalue weighted by Gasteiger charge is 2.30. The van der Waals surface area contributed by atoms with Gasteiger partial charge in [-0.25, -0.2) is 0 Å².